The third kappa shape index (κ3) is 5.12. The van der Waals surface area contributed by atoms with Crippen LogP contribution < -0.4 is 20.9 Å². The van der Waals surface area contributed by atoms with E-state index in [2.05, 4.69) is 10.6 Å². The first-order valence-electron chi connectivity index (χ1n) is 12.2. The Bertz CT molecular complexity index is 1290. The van der Waals surface area contributed by atoms with Crippen LogP contribution in [0.25, 0.3) is 0 Å². The van der Waals surface area contributed by atoms with E-state index in [1.807, 2.05) is 41.0 Å². The molecule has 0 unspecified atom stereocenters. The summed E-state index contributed by atoms with van der Waals surface area (Å²) in [6.07, 6.45) is 1.33. The van der Waals surface area contributed by atoms with Crippen molar-refractivity contribution in [1.82, 2.24) is 14.8 Å². The van der Waals surface area contributed by atoms with Crippen molar-refractivity contribution < 1.29 is 14.3 Å². The Morgan fingerprint density at radius 1 is 0.972 bits per heavy atom. The van der Waals surface area contributed by atoms with Crippen molar-refractivity contribution in [1.29, 1.82) is 0 Å². The number of fused-ring (bicyclic) bond motifs is 4. The summed E-state index contributed by atoms with van der Waals surface area (Å²) in [4.78, 5) is 40.8. The van der Waals surface area contributed by atoms with Gasteiger partial charge in [-0.2, -0.15) is 0 Å². The third-order valence-corrected chi connectivity index (χ3v) is 7.02. The molecule has 8 heteroatoms. The van der Waals surface area contributed by atoms with E-state index in [1.54, 1.807) is 48.4 Å². The van der Waals surface area contributed by atoms with Crippen molar-refractivity contribution >= 4 is 17.6 Å². The Labute approximate surface area is 209 Å². The van der Waals surface area contributed by atoms with Crippen molar-refractivity contribution in [2.75, 3.05) is 25.5 Å². The molecule has 3 aromatic rings. The molecule has 1 saturated heterocycles. The molecule has 2 aromatic carbocycles. The normalized spacial score (nSPS) is 19.1. The van der Waals surface area contributed by atoms with Gasteiger partial charge < -0.3 is 24.8 Å². The van der Waals surface area contributed by atoms with Gasteiger partial charge in [-0.3, -0.25) is 9.59 Å². The number of benzene rings is 2. The maximum Gasteiger partial charge on any atom is 0.318 e. The van der Waals surface area contributed by atoms with Gasteiger partial charge in [0, 0.05) is 49.4 Å². The van der Waals surface area contributed by atoms with Crippen LogP contribution in [0.2, 0.25) is 0 Å². The van der Waals surface area contributed by atoms with Crippen molar-refractivity contribution in [3.8, 4) is 5.75 Å². The number of carbonyl (C=O) groups is 2. The van der Waals surface area contributed by atoms with Crippen LogP contribution in [0.4, 0.5) is 10.5 Å². The highest BCUT2D eigenvalue weighted by Gasteiger charge is 2.37. The standard InChI is InChI=1S/C28H30N4O4/c1-36-23-12-10-22(11-13-23)29-27(34)24(15-19-6-3-2-4-7-19)30-28(35)31-16-20-14-21(18-31)25-8-5-9-26(33)32(25)17-20/h2-13,20-21,24H,14-18H2,1H3,(H,29,34)(H,30,35)/t20-,21+,24+/m1/s1. The number of pyridine rings is 1. The molecule has 0 aliphatic carbocycles. The molecule has 8 nitrogen and oxygen atoms in total. The largest absolute Gasteiger partial charge is 0.497 e. The van der Waals surface area contributed by atoms with E-state index in [1.165, 1.54) is 0 Å². The predicted molar refractivity (Wildman–Crippen MR) is 137 cm³/mol. The fourth-order valence-corrected chi connectivity index (χ4v) is 5.27. The first-order chi connectivity index (χ1) is 17.5. The molecule has 36 heavy (non-hydrogen) atoms. The number of likely N-dealkylation sites (tertiary alicyclic amines) is 1. The quantitative estimate of drug-likeness (QED) is 0.560. The van der Waals surface area contributed by atoms with Crippen molar-refractivity contribution in [3.05, 3.63) is 94.4 Å². The topological polar surface area (TPSA) is 92.7 Å². The monoisotopic (exact) mass is 486 g/mol. The maximum absolute atomic E-state index is 13.4. The highest BCUT2D eigenvalue weighted by atomic mass is 16.5. The number of rotatable bonds is 6. The van der Waals surface area contributed by atoms with Gasteiger partial charge >= 0.3 is 6.03 Å². The molecule has 1 fully saturated rings. The Kier molecular flexibility index (Phi) is 6.75. The molecule has 2 N–H and O–H groups in total. The number of urea groups is 1. The Hall–Kier alpha value is -4.07. The number of ether oxygens (including phenoxy) is 1. The van der Waals surface area contributed by atoms with E-state index < -0.39 is 6.04 Å². The second-order valence-electron chi connectivity index (χ2n) is 9.51. The lowest BCUT2D eigenvalue weighted by molar-refractivity contribution is -0.118. The van der Waals surface area contributed by atoms with Gasteiger partial charge in [0.25, 0.3) is 5.56 Å². The average Bonchev–Trinajstić information content (AvgIpc) is 2.90. The van der Waals surface area contributed by atoms with Crippen LogP contribution in [-0.4, -0.2) is 47.6 Å². The summed E-state index contributed by atoms with van der Waals surface area (Å²) in [5.41, 5.74) is 2.58. The number of piperidine rings is 1. The number of hydrogen-bond acceptors (Lipinski definition) is 4. The second-order valence-corrected chi connectivity index (χ2v) is 9.51. The second kappa shape index (κ2) is 10.3. The predicted octanol–water partition coefficient (Wildman–Crippen LogP) is 3.24. The van der Waals surface area contributed by atoms with Gasteiger partial charge in [0.05, 0.1) is 7.11 Å². The summed E-state index contributed by atoms with van der Waals surface area (Å²) in [5.74, 6) is 0.730. The van der Waals surface area contributed by atoms with Crippen LogP contribution in [0.5, 0.6) is 5.75 Å². The SMILES string of the molecule is COc1ccc(NC(=O)[C@H](Cc2ccccc2)NC(=O)N2C[C@H]3C[C@@H](C2)c2cccc(=O)n2C3)cc1. The fourth-order valence-electron chi connectivity index (χ4n) is 5.27. The van der Waals surface area contributed by atoms with E-state index in [0.717, 1.165) is 17.7 Å². The molecule has 2 aliphatic rings. The van der Waals surface area contributed by atoms with Crippen molar-refractivity contribution in [2.45, 2.75) is 31.3 Å². The molecule has 3 heterocycles. The molecule has 5 rings (SSSR count). The lowest BCUT2D eigenvalue weighted by Gasteiger charge is -2.43. The molecule has 0 saturated carbocycles. The van der Waals surface area contributed by atoms with Crippen molar-refractivity contribution in [2.24, 2.45) is 5.92 Å². The lowest BCUT2D eigenvalue weighted by Crippen LogP contribution is -2.55. The molecule has 186 valence electrons. The van der Waals surface area contributed by atoms with Crippen LogP contribution >= 0.6 is 0 Å². The van der Waals surface area contributed by atoms with Gasteiger partial charge in [-0.05, 0) is 48.2 Å². The summed E-state index contributed by atoms with van der Waals surface area (Å²) in [6, 6.07) is 21.1. The lowest BCUT2D eigenvalue weighted by atomic mass is 9.83. The van der Waals surface area contributed by atoms with Crippen LogP contribution in [0, 0.1) is 5.92 Å². The first-order valence-corrected chi connectivity index (χ1v) is 12.2. The molecule has 3 amide bonds. The molecule has 1 aromatic heterocycles. The first kappa shape index (κ1) is 23.7. The Morgan fingerprint density at radius 2 is 1.75 bits per heavy atom. The zero-order valence-corrected chi connectivity index (χ0v) is 20.2. The maximum atomic E-state index is 13.4. The van der Waals surface area contributed by atoms with E-state index in [9.17, 15) is 14.4 Å². The fraction of sp³-hybridized carbons (Fsp3) is 0.321. The minimum Gasteiger partial charge on any atom is -0.497 e. The Balaban J connectivity index is 1.31. The van der Waals surface area contributed by atoms with E-state index in [4.69, 9.17) is 4.74 Å². The summed E-state index contributed by atoms with van der Waals surface area (Å²) < 4.78 is 7.03. The number of aromatic nitrogens is 1. The minimum atomic E-state index is -0.751. The smallest absolute Gasteiger partial charge is 0.318 e. The number of nitrogens with zero attached hydrogens (tertiary/aromatic N) is 2. The van der Waals surface area contributed by atoms with Crippen LogP contribution in [0.15, 0.2) is 77.6 Å². The number of carbonyl (C=O) groups excluding carboxylic acids is 2. The van der Waals surface area contributed by atoms with E-state index in [0.29, 0.717) is 37.5 Å². The summed E-state index contributed by atoms with van der Waals surface area (Å²) in [6.45, 7) is 1.69. The van der Waals surface area contributed by atoms with Crippen LogP contribution in [0.3, 0.4) is 0 Å². The number of nitrogens with one attached hydrogen (secondary N) is 2. The van der Waals surface area contributed by atoms with Gasteiger partial charge in [0.1, 0.15) is 11.8 Å². The van der Waals surface area contributed by atoms with E-state index in [-0.39, 0.29) is 29.3 Å². The van der Waals surface area contributed by atoms with Gasteiger partial charge in [0.15, 0.2) is 0 Å². The van der Waals surface area contributed by atoms with Gasteiger partial charge in [-0.15, -0.1) is 0 Å². The summed E-state index contributed by atoms with van der Waals surface area (Å²) >= 11 is 0. The van der Waals surface area contributed by atoms with Gasteiger partial charge in [-0.25, -0.2) is 4.79 Å². The average molecular weight is 487 g/mol. The highest BCUT2D eigenvalue weighted by molar-refractivity contribution is 5.97. The van der Waals surface area contributed by atoms with Gasteiger partial charge in [-0.1, -0.05) is 36.4 Å². The number of amides is 3. The number of anilines is 1. The third-order valence-electron chi connectivity index (χ3n) is 7.02. The molecule has 0 spiro atoms. The summed E-state index contributed by atoms with van der Waals surface area (Å²) in [5, 5.41) is 5.90. The van der Waals surface area contributed by atoms with Crippen LogP contribution in [-0.2, 0) is 17.8 Å². The minimum absolute atomic E-state index is 0.0122. The van der Waals surface area contributed by atoms with Crippen LogP contribution in [0.1, 0.15) is 23.6 Å². The van der Waals surface area contributed by atoms with Crippen molar-refractivity contribution in [3.63, 3.8) is 0 Å². The summed E-state index contributed by atoms with van der Waals surface area (Å²) in [7, 11) is 1.59. The van der Waals surface area contributed by atoms with E-state index >= 15 is 0 Å². The molecular weight excluding hydrogens is 456 g/mol. The number of hydrogen-bond donors (Lipinski definition) is 2. The molecule has 2 bridgehead atoms. The zero-order chi connectivity index (χ0) is 25.1. The molecule has 3 atom stereocenters. The number of methoxy groups -OCH3 is 1. The molecule has 0 radical (unpaired) electrons. The van der Waals surface area contributed by atoms with Gasteiger partial charge in [0.2, 0.25) is 5.91 Å². The highest BCUT2D eigenvalue weighted by Crippen LogP contribution is 2.35. The molecule has 2 aliphatic heterocycles. The molecular formula is C28H30N4O4. The zero-order valence-electron chi connectivity index (χ0n) is 20.2. The Morgan fingerprint density at radius 3 is 2.50 bits per heavy atom.